The van der Waals surface area contributed by atoms with Crippen LogP contribution in [0.1, 0.15) is 5.56 Å². The molecule has 0 saturated carbocycles. The first kappa shape index (κ1) is 17.2. The van der Waals surface area contributed by atoms with Crippen LogP contribution in [-0.2, 0) is 22.7 Å². The monoisotopic (exact) mass is 335 g/mol. The number of amides is 1. The molecule has 1 amide bonds. The fraction of sp³-hybridized carbons (Fsp3) is 0.357. The van der Waals surface area contributed by atoms with Crippen molar-refractivity contribution in [3.63, 3.8) is 0 Å². The van der Waals surface area contributed by atoms with Crippen LogP contribution in [0.5, 0.6) is 11.5 Å². The molecule has 1 N–H and O–H groups in total. The molecule has 0 saturated heterocycles. The Kier molecular flexibility index (Phi) is 5.66. The van der Waals surface area contributed by atoms with E-state index < -0.39 is 18.4 Å². The summed E-state index contributed by atoms with van der Waals surface area (Å²) >= 11 is 0. The number of aromatic nitrogens is 4. The number of nitrogens with zero attached hydrogens (tertiary/aromatic N) is 5. The number of methoxy groups -OCH3 is 2. The van der Waals surface area contributed by atoms with Crippen molar-refractivity contribution in [1.82, 2.24) is 25.1 Å². The maximum Gasteiger partial charge on any atom is 0.323 e. The molecule has 2 rings (SSSR count). The van der Waals surface area contributed by atoms with Crippen LogP contribution in [0.25, 0.3) is 0 Å². The fourth-order valence-corrected chi connectivity index (χ4v) is 2.06. The third kappa shape index (κ3) is 4.66. The smallest absolute Gasteiger partial charge is 0.323 e. The van der Waals surface area contributed by atoms with E-state index in [0.29, 0.717) is 17.1 Å². The lowest BCUT2D eigenvalue weighted by Gasteiger charge is -2.21. The Morgan fingerprint density at radius 1 is 1.21 bits per heavy atom. The van der Waals surface area contributed by atoms with Gasteiger partial charge in [0.15, 0.2) is 0 Å². The minimum absolute atomic E-state index is 0.0841. The minimum Gasteiger partial charge on any atom is -0.497 e. The van der Waals surface area contributed by atoms with Gasteiger partial charge in [0.25, 0.3) is 0 Å². The number of rotatable bonds is 8. The molecule has 0 fully saturated rings. The molecule has 2 aromatic rings. The SMILES string of the molecule is COc1cc(CN(CC(=O)O)C(=O)Cn2cnnn2)cc(OC)c1. The van der Waals surface area contributed by atoms with Gasteiger partial charge in [0.2, 0.25) is 5.91 Å². The second kappa shape index (κ2) is 7.90. The second-order valence-electron chi connectivity index (χ2n) is 4.87. The van der Waals surface area contributed by atoms with E-state index in [1.54, 1.807) is 18.2 Å². The molecule has 0 atom stereocenters. The molecule has 0 radical (unpaired) electrons. The quantitative estimate of drug-likeness (QED) is 0.704. The van der Waals surface area contributed by atoms with Crippen LogP contribution < -0.4 is 9.47 Å². The molecule has 0 aliphatic heterocycles. The molecule has 0 aliphatic rings. The number of ether oxygens (including phenoxy) is 2. The highest BCUT2D eigenvalue weighted by atomic mass is 16.5. The first-order valence-corrected chi connectivity index (χ1v) is 6.94. The van der Waals surface area contributed by atoms with Gasteiger partial charge in [-0.25, -0.2) is 4.68 Å². The maximum atomic E-state index is 12.3. The third-order valence-electron chi connectivity index (χ3n) is 3.15. The summed E-state index contributed by atoms with van der Waals surface area (Å²) in [5, 5.41) is 19.5. The summed E-state index contributed by atoms with van der Waals surface area (Å²) in [7, 11) is 3.02. The largest absolute Gasteiger partial charge is 0.497 e. The lowest BCUT2D eigenvalue weighted by molar-refractivity contribution is -0.145. The van der Waals surface area contributed by atoms with Crippen LogP contribution in [0.3, 0.4) is 0 Å². The maximum absolute atomic E-state index is 12.3. The summed E-state index contributed by atoms with van der Waals surface area (Å²) < 4.78 is 11.6. The first-order chi connectivity index (χ1) is 11.5. The molecule has 0 bridgehead atoms. The van der Waals surface area contributed by atoms with E-state index in [4.69, 9.17) is 14.6 Å². The van der Waals surface area contributed by atoms with Gasteiger partial charge in [0, 0.05) is 12.6 Å². The van der Waals surface area contributed by atoms with Gasteiger partial charge in [0.1, 0.15) is 30.9 Å². The lowest BCUT2D eigenvalue weighted by atomic mass is 10.2. The molecule has 10 nitrogen and oxygen atoms in total. The number of aliphatic carboxylic acids is 1. The van der Waals surface area contributed by atoms with E-state index in [-0.39, 0.29) is 13.1 Å². The Morgan fingerprint density at radius 2 is 1.88 bits per heavy atom. The van der Waals surface area contributed by atoms with Crippen molar-refractivity contribution in [3.05, 3.63) is 30.1 Å². The van der Waals surface area contributed by atoms with Gasteiger partial charge < -0.3 is 19.5 Å². The molecule has 0 spiro atoms. The predicted molar refractivity (Wildman–Crippen MR) is 80.4 cm³/mol. The van der Waals surface area contributed by atoms with Gasteiger partial charge in [-0.2, -0.15) is 0 Å². The molecule has 1 heterocycles. The number of hydrogen-bond donors (Lipinski definition) is 1. The number of tetrazole rings is 1. The Balaban J connectivity index is 2.18. The Bertz CT molecular complexity index is 681. The van der Waals surface area contributed by atoms with E-state index in [2.05, 4.69) is 15.5 Å². The van der Waals surface area contributed by atoms with Crippen molar-refractivity contribution >= 4 is 11.9 Å². The van der Waals surface area contributed by atoms with Gasteiger partial charge >= 0.3 is 5.97 Å². The van der Waals surface area contributed by atoms with Crippen molar-refractivity contribution in [3.8, 4) is 11.5 Å². The molecular formula is C14H17N5O5. The van der Waals surface area contributed by atoms with Gasteiger partial charge in [-0.1, -0.05) is 0 Å². The van der Waals surface area contributed by atoms with Gasteiger partial charge in [0.05, 0.1) is 14.2 Å². The van der Waals surface area contributed by atoms with Crippen molar-refractivity contribution in [1.29, 1.82) is 0 Å². The molecule has 0 aliphatic carbocycles. The normalized spacial score (nSPS) is 10.2. The molecule has 1 aromatic heterocycles. The van der Waals surface area contributed by atoms with Gasteiger partial charge in [-0.15, -0.1) is 5.10 Å². The Morgan fingerprint density at radius 3 is 2.38 bits per heavy atom. The number of carboxylic acid groups (broad SMARTS) is 1. The number of carbonyl (C=O) groups excluding carboxylic acids is 1. The Labute approximate surface area is 137 Å². The van der Waals surface area contributed by atoms with Crippen molar-refractivity contribution < 1.29 is 24.2 Å². The summed E-state index contributed by atoms with van der Waals surface area (Å²) in [6.07, 6.45) is 1.28. The van der Waals surface area contributed by atoms with Crippen LogP contribution in [-0.4, -0.2) is 62.9 Å². The molecule has 0 unspecified atom stereocenters. The highest BCUT2D eigenvalue weighted by Gasteiger charge is 2.19. The first-order valence-electron chi connectivity index (χ1n) is 6.94. The van der Waals surface area contributed by atoms with E-state index >= 15 is 0 Å². The average molecular weight is 335 g/mol. The van der Waals surface area contributed by atoms with Crippen LogP contribution >= 0.6 is 0 Å². The number of carboxylic acids is 1. The van der Waals surface area contributed by atoms with E-state index in [1.807, 2.05) is 0 Å². The van der Waals surface area contributed by atoms with Crippen LogP contribution in [0.4, 0.5) is 0 Å². The highest BCUT2D eigenvalue weighted by molar-refractivity contribution is 5.81. The second-order valence-corrected chi connectivity index (χ2v) is 4.87. The van der Waals surface area contributed by atoms with Crippen LogP contribution in [0.2, 0.25) is 0 Å². The molecule has 10 heteroatoms. The summed E-state index contributed by atoms with van der Waals surface area (Å²) in [4.78, 5) is 24.6. The van der Waals surface area contributed by atoms with Crippen molar-refractivity contribution in [2.75, 3.05) is 20.8 Å². The van der Waals surface area contributed by atoms with E-state index in [0.717, 1.165) is 0 Å². The molecule has 1 aromatic carbocycles. The van der Waals surface area contributed by atoms with E-state index in [1.165, 1.54) is 30.1 Å². The average Bonchev–Trinajstić information content (AvgIpc) is 3.06. The molecule has 128 valence electrons. The molecular weight excluding hydrogens is 318 g/mol. The number of hydrogen-bond acceptors (Lipinski definition) is 7. The summed E-state index contributed by atoms with van der Waals surface area (Å²) in [5.74, 6) is -0.443. The predicted octanol–water partition coefficient (Wildman–Crippen LogP) is -0.196. The summed E-state index contributed by atoms with van der Waals surface area (Å²) in [6.45, 7) is -0.511. The Hall–Kier alpha value is -3.17. The number of carbonyl (C=O) groups is 2. The van der Waals surface area contributed by atoms with Crippen LogP contribution in [0.15, 0.2) is 24.5 Å². The highest BCUT2D eigenvalue weighted by Crippen LogP contribution is 2.23. The standard InChI is InChI=1S/C14H17N5O5/c1-23-11-3-10(4-12(5-11)24-2)6-18(8-14(21)22)13(20)7-19-9-15-16-17-19/h3-5,9H,6-8H2,1-2H3,(H,21,22). The van der Waals surface area contributed by atoms with Gasteiger partial charge in [-0.3, -0.25) is 9.59 Å². The van der Waals surface area contributed by atoms with E-state index in [9.17, 15) is 9.59 Å². The minimum atomic E-state index is -1.12. The van der Waals surface area contributed by atoms with Crippen molar-refractivity contribution in [2.24, 2.45) is 0 Å². The lowest BCUT2D eigenvalue weighted by Crippen LogP contribution is -2.37. The zero-order chi connectivity index (χ0) is 17.5. The third-order valence-corrected chi connectivity index (χ3v) is 3.15. The zero-order valence-corrected chi connectivity index (χ0v) is 13.2. The molecule has 24 heavy (non-hydrogen) atoms. The summed E-state index contributed by atoms with van der Waals surface area (Å²) in [6, 6.07) is 5.11. The zero-order valence-electron chi connectivity index (χ0n) is 13.2. The fourth-order valence-electron chi connectivity index (χ4n) is 2.06. The van der Waals surface area contributed by atoms with Crippen molar-refractivity contribution in [2.45, 2.75) is 13.1 Å². The topological polar surface area (TPSA) is 120 Å². The number of benzene rings is 1. The van der Waals surface area contributed by atoms with Gasteiger partial charge in [-0.05, 0) is 28.1 Å². The summed E-state index contributed by atoms with van der Waals surface area (Å²) in [5.41, 5.74) is 0.678. The van der Waals surface area contributed by atoms with Crippen LogP contribution in [0, 0.1) is 0 Å².